The Hall–Kier alpha value is -1.88. The molecule has 0 aromatic heterocycles. The predicted molar refractivity (Wildman–Crippen MR) is 78.8 cm³/mol. The number of carboxylic acids is 1. The molecule has 0 saturated carbocycles. The van der Waals surface area contributed by atoms with E-state index in [-0.39, 0.29) is 12.3 Å². The summed E-state index contributed by atoms with van der Waals surface area (Å²) >= 11 is 0. The molecule has 1 aromatic rings. The molecular weight excluding hydrogens is 256 g/mol. The molecule has 0 spiro atoms. The lowest BCUT2D eigenvalue weighted by Gasteiger charge is -2.23. The second kappa shape index (κ2) is 8.32. The summed E-state index contributed by atoms with van der Waals surface area (Å²) in [5, 5.41) is 8.70. The molecular formula is C15H22N2O3. The van der Waals surface area contributed by atoms with Crippen molar-refractivity contribution in [3.63, 3.8) is 0 Å². The summed E-state index contributed by atoms with van der Waals surface area (Å²) in [6.45, 7) is 1.11. The number of aliphatic carboxylic acids is 1. The zero-order chi connectivity index (χ0) is 15.0. The highest BCUT2D eigenvalue weighted by Gasteiger charge is 2.15. The van der Waals surface area contributed by atoms with E-state index in [4.69, 9.17) is 5.11 Å². The third kappa shape index (κ3) is 5.84. The maximum atomic E-state index is 12.3. The molecule has 0 bridgehead atoms. The molecule has 5 nitrogen and oxygen atoms in total. The minimum absolute atomic E-state index is 0.0234. The van der Waals surface area contributed by atoms with Crippen molar-refractivity contribution in [2.45, 2.75) is 19.3 Å². The van der Waals surface area contributed by atoms with Crippen LogP contribution in [0.25, 0.3) is 0 Å². The molecule has 0 aliphatic heterocycles. The van der Waals surface area contributed by atoms with Gasteiger partial charge in [-0.15, -0.1) is 0 Å². The summed E-state index contributed by atoms with van der Waals surface area (Å²) in [5.41, 5.74) is 0.821. The number of carbonyl (C=O) groups excluding carboxylic acids is 1. The van der Waals surface area contributed by atoms with Crippen molar-refractivity contribution < 1.29 is 14.7 Å². The van der Waals surface area contributed by atoms with Crippen LogP contribution >= 0.6 is 0 Å². The largest absolute Gasteiger partial charge is 0.481 e. The molecule has 0 aliphatic carbocycles. The molecule has 110 valence electrons. The van der Waals surface area contributed by atoms with E-state index in [9.17, 15) is 9.59 Å². The van der Waals surface area contributed by atoms with Crippen LogP contribution in [0.5, 0.6) is 0 Å². The van der Waals surface area contributed by atoms with Crippen LogP contribution in [0.2, 0.25) is 0 Å². The van der Waals surface area contributed by atoms with Crippen LogP contribution in [0.1, 0.15) is 19.3 Å². The molecule has 1 aromatic carbocycles. The van der Waals surface area contributed by atoms with Crippen molar-refractivity contribution in [3.05, 3.63) is 30.3 Å². The van der Waals surface area contributed by atoms with Gasteiger partial charge in [0, 0.05) is 31.6 Å². The van der Waals surface area contributed by atoms with Crippen LogP contribution in [-0.2, 0) is 9.59 Å². The van der Waals surface area contributed by atoms with Gasteiger partial charge in [0.1, 0.15) is 0 Å². The minimum atomic E-state index is -0.834. The molecule has 0 heterocycles. The van der Waals surface area contributed by atoms with Gasteiger partial charge in [0.05, 0.1) is 0 Å². The average molecular weight is 278 g/mol. The quantitative estimate of drug-likeness (QED) is 0.788. The number of carboxylic acid groups (broad SMARTS) is 1. The summed E-state index contributed by atoms with van der Waals surface area (Å²) in [6, 6.07) is 9.38. The van der Waals surface area contributed by atoms with Crippen LogP contribution in [0, 0.1) is 0 Å². The zero-order valence-corrected chi connectivity index (χ0v) is 12.1. The van der Waals surface area contributed by atoms with Gasteiger partial charge in [0.25, 0.3) is 0 Å². The Labute approximate surface area is 119 Å². The Morgan fingerprint density at radius 2 is 1.70 bits per heavy atom. The molecule has 1 amide bonds. The Balaban J connectivity index is 2.68. The summed E-state index contributed by atoms with van der Waals surface area (Å²) in [4.78, 5) is 26.5. The fourth-order valence-corrected chi connectivity index (χ4v) is 1.85. The number of rotatable bonds is 8. The monoisotopic (exact) mass is 278 g/mol. The van der Waals surface area contributed by atoms with Gasteiger partial charge in [-0.05, 0) is 32.6 Å². The van der Waals surface area contributed by atoms with Crippen molar-refractivity contribution in [2.24, 2.45) is 0 Å². The third-order valence-electron chi connectivity index (χ3n) is 2.91. The van der Waals surface area contributed by atoms with Crippen molar-refractivity contribution in [1.82, 2.24) is 4.90 Å². The highest BCUT2D eigenvalue weighted by molar-refractivity contribution is 5.93. The Bertz CT molecular complexity index is 432. The number of hydrogen-bond acceptors (Lipinski definition) is 3. The molecule has 0 saturated heterocycles. The van der Waals surface area contributed by atoms with Crippen LogP contribution in [0.3, 0.4) is 0 Å². The van der Waals surface area contributed by atoms with E-state index >= 15 is 0 Å². The second-order valence-corrected chi connectivity index (χ2v) is 4.93. The Morgan fingerprint density at radius 1 is 1.05 bits per heavy atom. The smallest absolute Gasteiger partial charge is 0.303 e. The predicted octanol–water partition coefficient (Wildman–Crippen LogP) is 1.84. The first-order valence-corrected chi connectivity index (χ1v) is 6.72. The fourth-order valence-electron chi connectivity index (χ4n) is 1.85. The van der Waals surface area contributed by atoms with Gasteiger partial charge < -0.3 is 14.9 Å². The van der Waals surface area contributed by atoms with E-state index in [1.165, 1.54) is 0 Å². The van der Waals surface area contributed by atoms with Crippen molar-refractivity contribution >= 4 is 17.6 Å². The Kier molecular flexibility index (Phi) is 6.73. The SMILES string of the molecule is CN(C)CCC(=O)N(CCCC(=O)O)c1ccccc1. The van der Waals surface area contributed by atoms with E-state index in [1.807, 2.05) is 49.3 Å². The highest BCUT2D eigenvalue weighted by Crippen LogP contribution is 2.15. The molecule has 0 aliphatic rings. The summed E-state index contributed by atoms with van der Waals surface area (Å²) < 4.78 is 0. The first kappa shape index (κ1) is 16.2. The van der Waals surface area contributed by atoms with Crippen LogP contribution in [0.4, 0.5) is 5.69 Å². The molecule has 1 rings (SSSR count). The molecule has 0 radical (unpaired) electrons. The topological polar surface area (TPSA) is 60.9 Å². The number of hydrogen-bond donors (Lipinski definition) is 1. The van der Waals surface area contributed by atoms with Gasteiger partial charge in [-0.2, -0.15) is 0 Å². The lowest BCUT2D eigenvalue weighted by Crippen LogP contribution is -2.34. The highest BCUT2D eigenvalue weighted by atomic mass is 16.4. The number of nitrogens with zero attached hydrogens (tertiary/aromatic N) is 2. The number of benzene rings is 1. The van der Waals surface area contributed by atoms with Gasteiger partial charge in [0.2, 0.25) is 5.91 Å². The van der Waals surface area contributed by atoms with Crippen molar-refractivity contribution in [3.8, 4) is 0 Å². The van der Waals surface area contributed by atoms with E-state index in [1.54, 1.807) is 4.90 Å². The summed E-state index contributed by atoms with van der Waals surface area (Å²) in [5.74, 6) is -0.811. The van der Waals surface area contributed by atoms with Gasteiger partial charge in [-0.25, -0.2) is 0 Å². The summed E-state index contributed by atoms with van der Waals surface area (Å²) in [6.07, 6.45) is 0.956. The van der Waals surface area contributed by atoms with Gasteiger partial charge in [-0.1, -0.05) is 18.2 Å². The normalized spacial score (nSPS) is 10.6. The minimum Gasteiger partial charge on any atom is -0.481 e. The number of carbonyl (C=O) groups is 2. The van der Waals surface area contributed by atoms with E-state index in [0.29, 0.717) is 25.9 Å². The first-order valence-electron chi connectivity index (χ1n) is 6.72. The van der Waals surface area contributed by atoms with Gasteiger partial charge in [-0.3, -0.25) is 9.59 Å². The number of anilines is 1. The van der Waals surface area contributed by atoms with Gasteiger partial charge >= 0.3 is 5.97 Å². The number of amides is 1. The summed E-state index contributed by atoms with van der Waals surface area (Å²) in [7, 11) is 3.84. The Morgan fingerprint density at radius 3 is 2.25 bits per heavy atom. The fraction of sp³-hybridized carbons (Fsp3) is 0.467. The van der Waals surface area contributed by atoms with Crippen molar-refractivity contribution in [1.29, 1.82) is 0 Å². The maximum Gasteiger partial charge on any atom is 0.303 e. The van der Waals surface area contributed by atoms with E-state index in [2.05, 4.69) is 0 Å². The van der Waals surface area contributed by atoms with Crippen molar-refractivity contribution in [2.75, 3.05) is 32.1 Å². The average Bonchev–Trinajstić information content (AvgIpc) is 2.41. The lowest BCUT2D eigenvalue weighted by molar-refractivity contribution is -0.137. The molecule has 5 heteroatoms. The molecule has 0 atom stereocenters. The van der Waals surface area contributed by atoms with Gasteiger partial charge in [0.15, 0.2) is 0 Å². The molecule has 20 heavy (non-hydrogen) atoms. The second-order valence-electron chi connectivity index (χ2n) is 4.93. The van der Waals surface area contributed by atoms with E-state index < -0.39 is 5.97 Å². The molecule has 0 fully saturated rings. The van der Waals surface area contributed by atoms with Crippen LogP contribution < -0.4 is 4.90 Å². The zero-order valence-electron chi connectivity index (χ0n) is 12.1. The molecule has 1 N–H and O–H groups in total. The van der Waals surface area contributed by atoms with Crippen LogP contribution in [0.15, 0.2) is 30.3 Å². The molecule has 0 unspecified atom stereocenters. The third-order valence-corrected chi connectivity index (χ3v) is 2.91. The van der Waals surface area contributed by atoms with E-state index in [0.717, 1.165) is 5.69 Å². The number of para-hydroxylation sites is 1. The first-order chi connectivity index (χ1) is 9.50. The van der Waals surface area contributed by atoms with Crippen LogP contribution in [-0.4, -0.2) is 49.1 Å². The standard InChI is InChI=1S/C15H22N2O3/c1-16(2)12-10-14(18)17(11-6-9-15(19)20)13-7-4-3-5-8-13/h3-5,7-8H,6,9-12H2,1-2H3,(H,19,20). The lowest BCUT2D eigenvalue weighted by atomic mass is 10.2. The maximum absolute atomic E-state index is 12.3.